The largest absolute Gasteiger partial charge is 0.333 e. The van der Waals surface area contributed by atoms with Gasteiger partial charge < -0.3 is 15.5 Å². The Bertz CT molecular complexity index is 259. The number of amides is 2. The van der Waals surface area contributed by atoms with Crippen molar-refractivity contribution in [3.63, 3.8) is 0 Å². The molecule has 2 aliphatic rings. The standard InChI is InChI=1S/C11H21N3O/c1-11(2,3)13-10(15)14-5-4-8-6-12-7-9(8)14/h8-9,12H,4-7H2,1-3H3,(H,13,15)/t8-,9-/m1/s1. The normalized spacial score (nSPS) is 30.5. The molecular weight excluding hydrogens is 190 g/mol. The zero-order valence-corrected chi connectivity index (χ0v) is 9.84. The summed E-state index contributed by atoms with van der Waals surface area (Å²) in [5.74, 6) is 0.677. The molecule has 2 aliphatic heterocycles. The Balaban J connectivity index is 1.96. The highest BCUT2D eigenvalue weighted by Gasteiger charge is 2.40. The summed E-state index contributed by atoms with van der Waals surface area (Å²) in [5.41, 5.74) is -0.138. The minimum absolute atomic E-state index is 0.0960. The second kappa shape index (κ2) is 3.67. The summed E-state index contributed by atoms with van der Waals surface area (Å²) < 4.78 is 0. The van der Waals surface area contributed by atoms with E-state index in [0.29, 0.717) is 12.0 Å². The van der Waals surface area contributed by atoms with Crippen molar-refractivity contribution < 1.29 is 4.79 Å². The van der Waals surface area contributed by atoms with Crippen LogP contribution in [-0.4, -0.2) is 42.1 Å². The first-order valence-electron chi connectivity index (χ1n) is 5.77. The number of hydrogen-bond acceptors (Lipinski definition) is 2. The molecule has 2 saturated heterocycles. The quantitative estimate of drug-likeness (QED) is 0.622. The fourth-order valence-corrected chi connectivity index (χ4v) is 2.49. The maximum absolute atomic E-state index is 12.0. The second-order valence-electron chi connectivity index (χ2n) is 5.65. The molecule has 0 aromatic rings. The van der Waals surface area contributed by atoms with Crippen LogP contribution in [0, 0.1) is 5.92 Å². The third kappa shape index (κ3) is 2.25. The smallest absolute Gasteiger partial charge is 0.318 e. The lowest BCUT2D eigenvalue weighted by Gasteiger charge is -2.29. The van der Waals surface area contributed by atoms with Gasteiger partial charge in [0.1, 0.15) is 0 Å². The first-order valence-corrected chi connectivity index (χ1v) is 5.77. The van der Waals surface area contributed by atoms with Crippen LogP contribution >= 0.6 is 0 Å². The summed E-state index contributed by atoms with van der Waals surface area (Å²) in [6.07, 6.45) is 1.15. The van der Waals surface area contributed by atoms with Crippen molar-refractivity contribution in [3.8, 4) is 0 Å². The van der Waals surface area contributed by atoms with Crippen molar-refractivity contribution in [2.75, 3.05) is 19.6 Å². The molecule has 0 unspecified atom stereocenters. The Kier molecular flexibility index (Phi) is 2.63. The van der Waals surface area contributed by atoms with Crippen molar-refractivity contribution in [2.24, 2.45) is 5.92 Å². The molecular formula is C11H21N3O. The lowest BCUT2D eigenvalue weighted by atomic mass is 10.1. The molecule has 0 bridgehead atoms. The van der Waals surface area contributed by atoms with Gasteiger partial charge in [0.05, 0.1) is 0 Å². The third-order valence-corrected chi connectivity index (χ3v) is 3.19. The molecule has 2 heterocycles. The van der Waals surface area contributed by atoms with Gasteiger partial charge in [0.25, 0.3) is 0 Å². The first-order chi connectivity index (χ1) is 6.97. The summed E-state index contributed by atoms with van der Waals surface area (Å²) in [4.78, 5) is 14.0. The van der Waals surface area contributed by atoms with Gasteiger partial charge in [-0.1, -0.05) is 0 Å². The molecule has 0 radical (unpaired) electrons. The number of likely N-dealkylation sites (tertiary alicyclic amines) is 1. The van der Waals surface area contributed by atoms with Crippen molar-refractivity contribution >= 4 is 6.03 Å². The lowest BCUT2D eigenvalue weighted by Crippen LogP contribution is -2.51. The Labute approximate surface area is 91.4 Å². The zero-order valence-electron chi connectivity index (χ0n) is 9.84. The van der Waals surface area contributed by atoms with E-state index >= 15 is 0 Å². The van der Waals surface area contributed by atoms with Crippen LogP contribution in [-0.2, 0) is 0 Å². The fourth-order valence-electron chi connectivity index (χ4n) is 2.49. The molecule has 0 aromatic heterocycles. The Morgan fingerprint density at radius 2 is 2.13 bits per heavy atom. The van der Waals surface area contributed by atoms with Crippen LogP contribution in [0.15, 0.2) is 0 Å². The highest BCUT2D eigenvalue weighted by Crippen LogP contribution is 2.27. The number of urea groups is 1. The van der Waals surface area contributed by atoms with Crippen LogP contribution in [0.5, 0.6) is 0 Å². The molecule has 2 atom stereocenters. The van der Waals surface area contributed by atoms with Gasteiger partial charge >= 0.3 is 6.03 Å². The summed E-state index contributed by atoms with van der Waals surface area (Å²) >= 11 is 0. The number of rotatable bonds is 0. The van der Waals surface area contributed by atoms with Crippen LogP contribution in [0.2, 0.25) is 0 Å². The fraction of sp³-hybridized carbons (Fsp3) is 0.909. The number of fused-ring (bicyclic) bond motifs is 1. The molecule has 0 spiro atoms. The molecule has 15 heavy (non-hydrogen) atoms. The monoisotopic (exact) mass is 211 g/mol. The van der Waals surface area contributed by atoms with E-state index in [1.165, 1.54) is 0 Å². The van der Waals surface area contributed by atoms with E-state index in [9.17, 15) is 4.79 Å². The number of hydrogen-bond donors (Lipinski definition) is 2. The van der Waals surface area contributed by atoms with Crippen molar-refractivity contribution in [3.05, 3.63) is 0 Å². The Morgan fingerprint density at radius 1 is 1.40 bits per heavy atom. The average molecular weight is 211 g/mol. The summed E-state index contributed by atoms with van der Waals surface area (Å²) in [5, 5.41) is 6.38. The predicted molar refractivity (Wildman–Crippen MR) is 59.8 cm³/mol. The van der Waals surface area contributed by atoms with Gasteiger partial charge in [-0.3, -0.25) is 0 Å². The molecule has 86 valence electrons. The maximum Gasteiger partial charge on any atom is 0.318 e. The van der Waals surface area contributed by atoms with E-state index in [0.717, 1.165) is 26.1 Å². The predicted octanol–water partition coefficient (Wildman–Crippen LogP) is 0.788. The van der Waals surface area contributed by atoms with E-state index < -0.39 is 0 Å². The number of carbonyl (C=O) groups excluding carboxylic acids is 1. The molecule has 4 nitrogen and oxygen atoms in total. The van der Waals surface area contributed by atoms with Gasteiger partial charge in [-0.15, -0.1) is 0 Å². The molecule has 0 aromatic carbocycles. The van der Waals surface area contributed by atoms with E-state index in [1.807, 2.05) is 25.7 Å². The minimum atomic E-state index is -0.138. The molecule has 0 aliphatic carbocycles. The van der Waals surface area contributed by atoms with Crippen LogP contribution in [0.25, 0.3) is 0 Å². The minimum Gasteiger partial charge on any atom is -0.333 e. The SMILES string of the molecule is CC(C)(C)NC(=O)N1CC[C@@H]2CNC[C@H]21. The van der Waals surface area contributed by atoms with Crippen LogP contribution < -0.4 is 10.6 Å². The molecule has 2 fully saturated rings. The highest BCUT2D eigenvalue weighted by molar-refractivity contribution is 5.75. The molecule has 0 saturated carbocycles. The molecule has 2 rings (SSSR count). The lowest BCUT2D eigenvalue weighted by molar-refractivity contribution is 0.183. The summed E-state index contributed by atoms with van der Waals surface area (Å²) in [6, 6.07) is 0.519. The molecule has 2 N–H and O–H groups in total. The van der Waals surface area contributed by atoms with Gasteiger partial charge in [-0.05, 0) is 33.1 Å². The van der Waals surface area contributed by atoms with Crippen LogP contribution in [0.1, 0.15) is 27.2 Å². The molecule has 2 amide bonds. The Morgan fingerprint density at radius 3 is 2.80 bits per heavy atom. The van der Waals surface area contributed by atoms with Crippen molar-refractivity contribution in [1.82, 2.24) is 15.5 Å². The van der Waals surface area contributed by atoms with Gasteiger partial charge in [0.2, 0.25) is 0 Å². The number of nitrogens with one attached hydrogen (secondary N) is 2. The van der Waals surface area contributed by atoms with Gasteiger partial charge in [0, 0.05) is 31.2 Å². The van der Waals surface area contributed by atoms with E-state index in [1.54, 1.807) is 0 Å². The highest BCUT2D eigenvalue weighted by atomic mass is 16.2. The second-order valence-corrected chi connectivity index (χ2v) is 5.65. The maximum atomic E-state index is 12.0. The molecule has 4 heteroatoms. The zero-order chi connectivity index (χ0) is 11.1. The average Bonchev–Trinajstić information content (AvgIpc) is 2.57. The third-order valence-electron chi connectivity index (χ3n) is 3.19. The van der Waals surface area contributed by atoms with Crippen LogP contribution in [0.4, 0.5) is 4.79 Å². The van der Waals surface area contributed by atoms with Crippen molar-refractivity contribution in [2.45, 2.75) is 38.8 Å². The summed E-state index contributed by atoms with van der Waals surface area (Å²) in [7, 11) is 0. The number of nitrogens with zero attached hydrogens (tertiary/aromatic N) is 1. The van der Waals surface area contributed by atoms with Gasteiger partial charge in [-0.2, -0.15) is 0 Å². The van der Waals surface area contributed by atoms with Crippen molar-refractivity contribution in [1.29, 1.82) is 0 Å². The topological polar surface area (TPSA) is 44.4 Å². The van der Waals surface area contributed by atoms with E-state index in [4.69, 9.17) is 0 Å². The Hall–Kier alpha value is -0.770. The summed E-state index contributed by atoms with van der Waals surface area (Å²) in [6.45, 7) is 9.01. The van der Waals surface area contributed by atoms with Gasteiger partial charge in [0.15, 0.2) is 0 Å². The van der Waals surface area contributed by atoms with Gasteiger partial charge in [-0.25, -0.2) is 4.79 Å². The van der Waals surface area contributed by atoms with E-state index in [-0.39, 0.29) is 11.6 Å². The van der Waals surface area contributed by atoms with Crippen LogP contribution in [0.3, 0.4) is 0 Å². The number of carbonyl (C=O) groups is 1. The first kappa shape index (κ1) is 10.7. The van der Waals surface area contributed by atoms with E-state index in [2.05, 4.69) is 10.6 Å².